The molecular formula is C13H15ClINOS. The molecule has 1 amide bonds. The van der Waals surface area contributed by atoms with Gasteiger partial charge in [0, 0.05) is 19.9 Å². The molecule has 1 saturated carbocycles. The first kappa shape index (κ1) is 14.5. The third kappa shape index (κ3) is 3.33. The van der Waals surface area contributed by atoms with Gasteiger partial charge in [0.05, 0.1) is 5.56 Å². The normalized spacial score (nSPS) is 23.1. The molecule has 2 rings (SSSR count). The van der Waals surface area contributed by atoms with Crippen LogP contribution in [-0.2, 0) is 0 Å². The van der Waals surface area contributed by atoms with Crippen LogP contribution in [-0.4, -0.2) is 23.5 Å². The summed E-state index contributed by atoms with van der Waals surface area (Å²) in [7, 11) is 0. The third-order valence-corrected chi connectivity index (χ3v) is 5.59. The molecule has 1 aliphatic carbocycles. The largest absolute Gasteiger partial charge is 0.348 e. The lowest BCUT2D eigenvalue weighted by Gasteiger charge is -2.19. The van der Waals surface area contributed by atoms with Crippen molar-refractivity contribution in [1.29, 1.82) is 0 Å². The number of carbonyl (C=O) groups excluding carboxylic acids is 1. The molecule has 0 aromatic heterocycles. The van der Waals surface area contributed by atoms with Crippen LogP contribution >= 0.6 is 46.0 Å². The van der Waals surface area contributed by atoms with E-state index in [1.807, 2.05) is 17.8 Å². The molecule has 98 valence electrons. The van der Waals surface area contributed by atoms with E-state index in [2.05, 4.69) is 34.2 Å². The number of nitrogens with one attached hydrogen (secondary N) is 1. The molecule has 0 saturated heterocycles. The van der Waals surface area contributed by atoms with Gasteiger partial charge in [-0.2, -0.15) is 11.8 Å². The van der Waals surface area contributed by atoms with E-state index in [1.165, 1.54) is 12.8 Å². The molecule has 0 heterocycles. The number of benzene rings is 1. The van der Waals surface area contributed by atoms with Gasteiger partial charge in [0.15, 0.2) is 0 Å². The molecule has 1 fully saturated rings. The minimum Gasteiger partial charge on any atom is -0.348 e. The summed E-state index contributed by atoms with van der Waals surface area (Å²) >= 11 is 9.96. The Labute approximate surface area is 130 Å². The molecule has 0 spiro atoms. The summed E-state index contributed by atoms with van der Waals surface area (Å²) in [6, 6.07) is 5.71. The predicted molar refractivity (Wildman–Crippen MR) is 86.6 cm³/mol. The Kier molecular flexibility index (Phi) is 5.21. The summed E-state index contributed by atoms with van der Waals surface area (Å²) in [5, 5.41) is 4.29. The van der Waals surface area contributed by atoms with Crippen LogP contribution in [0.4, 0.5) is 0 Å². The van der Waals surface area contributed by atoms with Gasteiger partial charge >= 0.3 is 0 Å². The zero-order valence-corrected chi connectivity index (χ0v) is 13.8. The van der Waals surface area contributed by atoms with Gasteiger partial charge in [-0.1, -0.05) is 18.0 Å². The zero-order valence-electron chi connectivity index (χ0n) is 10.1. The molecule has 2 unspecified atom stereocenters. The number of hydrogen-bond donors (Lipinski definition) is 1. The second-order valence-corrected chi connectivity index (χ2v) is 7.08. The van der Waals surface area contributed by atoms with E-state index >= 15 is 0 Å². The summed E-state index contributed by atoms with van der Waals surface area (Å²) in [5.41, 5.74) is 0.676. The highest BCUT2D eigenvalue weighted by Crippen LogP contribution is 2.29. The first-order chi connectivity index (χ1) is 8.61. The van der Waals surface area contributed by atoms with Crippen LogP contribution in [0.25, 0.3) is 0 Å². The first-order valence-electron chi connectivity index (χ1n) is 5.90. The zero-order chi connectivity index (χ0) is 13.1. The number of amides is 1. The van der Waals surface area contributed by atoms with Crippen molar-refractivity contribution >= 4 is 51.9 Å². The summed E-state index contributed by atoms with van der Waals surface area (Å²) in [6.07, 6.45) is 5.58. The van der Waals surface area contributed by atoms with Crippen molar-refractivity contribution in [2.45, 2.75) is 30.6 Å². The fraction of sp³-hybridized carbons (Fsp3) is 0.462. The van der Waals surface area contributed by atoms with E-state index in [0.29, 0.717) is 21.9 Å². The van der Waals surface area contributed by atoms with E-state index in [0.717, 1.165) is 9.99 Å². The molecule has 18 heavy (non-hydrogen) atoms. The van der Waals surface area contributed by atoms with Gasteiger partial charge in [-0.15, -0.1) is 0 Å². The highest BCUT2D eigenvalue weighted by molar-refractivity contribution is 14.1. The van der Waals surface area contributed by atoms with Gasteiger partial charge in [0.2, 0.25) is 0 Å². The van der Waals surface area contributed by atoms with Gasteiger partial charge in [-0.25, -0.2) is 0 Å². The lowest BCUT2D eigenvalue weighted by Crippen LogP contribution is -2.38. The molecule has 5 heteroatoms. The van der Waals surface area contributed by atoms with Gasteiger partial charge in [0.25, 0.3) is 5.91 Å². The molecule has 0 radical (unpaired) electrons. The number of carbonyl (C=O) groups is 1. The monoisotopic (exact) mass is 395 g/mol. The minimum absolute atomic E-state index is 0.00662. The fourth-order valence-corrected chi connectivity index (χ4v) is 3.98. The van der Waals surface area contributed by atoms with Crippen LogP contribution in [0.1, 0.15) is 29.6 Å². The van der Waals surface area contributed by atoms with Crippen LogP contribution in [0.2, 0.25) is 5.02 Å². The van der Waals surface area contributed by atoms with Crippen molar-refractivity contribution in [2.24, 2.45) is 0 Å². The van der Waals surface area contributed by atoms with E-state index in [9.17, 15) is 4.79 Å². The molecule has 2 atom stereocenters. The predicted octanol–water partition coefficient (Wildman–Crippen LogP) is 3.96. The first-order valence-corrected chi connectivity index (χ1v) is 8.65. The maximum absolute atomic E-state index is 12.3. The maximum atomic E-state index is 12.3. The van der Waals surface area contributed by atoms with Crippen molar-refractivity contribution in [1.82, 2.24) is 5.32 Å². The summed E-state index contributed by atoms with van der Waals surface area (Å²) < 4.78 is 0.938. The molecule has 1 aliphatic rings. The Morgan fingerprint density at radius 1 is 1.50 bits per heavy atom. The molecule has 1 N–H and O–H groups in total. The quantitative estimate of drug-likeness (QED) is 0.785. The number of halogens is 2. The highest BCUT2D eigenvalue weighted by Gasteiger charge is 2.28. The molecule has 1 aromatic carbocycles. The van der Waals surface area contributed by atoms with Crippen molar-refractivity contribution in [3.05, 3.63) is 32.4 Å². The Bertz CT molecular complexity index is 455. The van der Waals surface area contributed by atoms with E-state index in [-0.39, 0.29) is 5.91 Å². The van der Waals surface area contributed by atoms with E-state index < -0.39 is 0 Å². The van der Waals surface area contributed by atoms with Gasteiger partial charge in [0.1, 0.15) is 0 Å². The average molecular weight is 396 g/mol. The topological polar surface area (TPSA) is 29.1 Å². The number of hydrogen-bond acceptors (Lipinski definition) is 2. The van der Waals surface area contributed by atoms with Gasteiger partial charge < -0.3 is 5.32 Å². The van der Waals surface area contributed by atoms with Crippen LogP contribution in [0, 0.1) is 3.57 Å². The number of rotatable bonds is 3. The molecule has 0 aliphatic heterocycles. The number of thioether (sulfide) groups is 1. The van der Waals surface area contributed by atoms with Crippen LogP contribution in [0.5, 0.6) is 0 Å². The standard InChI is InChI=1S/C13H15ClINOS/c1-18-12-4-2-3-11(12)16-13(17)9-7-8(14)5-6-10(9)15/h5-7,11-12H,2-4H2,1H3,(H,16,17). The lowest BCUT2D eigenvalue weighted by molar-refractivity contribution is 0.0938. The third-order valence-electron chi connectivity index (χ3n) is 3.24. The van der Waals surface area contributed by atoms with Crippen molar-refractivity contribution in [2.75, 3.05) is 6.26 Å². The van der Waals surface area contributed by atoms with Gasteiger partial charge in [-0.3, -0.25) is 4.79 Å². The second-order valence-electron chi connectivity index (χ2n) is 4.41. The Balaban J connectivity index is 2.09. The molecule has 0 bridgehead atoms. The van der Waals surface area contributed by atoms with Crippen LogP contribution in [0.3, 0.4) is 0 Å². The van der Waals surface area contributed by atoms with Crippen molar-refractivity contribution in [3.8, 4) is 0 Å². The van der Waals surface area contributed by atoms with Gasteiger partial charge in [-0.05, 0) is 59.9 Å². The van der Waals surface area contributed by atoms with E-state index in [1.54, 1.807) is 12.1 Å². The summed E-state index contributed by atoms with van der Waals surface area (Å²) in [6.45, 7) is 0. The van der Waals surface area contributed by atoms with E-state index in [4.69, 9.17) is 11.6 Å². The lowest BCUT2D eigenvalue weighted by atomic mass is 10.2. The van der Waals surface area contributed by atoms with Crippen LogP contribution in [0.15, 0.2) is 18.2 Å². The van der Waals surface area contributed by atoms with Crippen molar-refractivity contribution in [3.63, 3.8) is 0 Å². The Morgan fingerprint density at radius 3 is 3.00 bits per heavy atom. The Morgan fingerprint density at radius 2 is 2.28 bits per heavy atom. The summed E-state index contributed by atoms with van der Waals surface area (Å²) in [4.78, 5) is 12.3. The summed E-state index contributed by atoms with van der Waals surface area (Å²) in [5.74, 6) is -0.00662. The van der Waals surface area contributed by atoms with Crippen molar-refractivity contribution < 1.29 is 4.79 Å². The smallest absolute Gasteiger partial charge is 0.252 e. The maximum Gasteiger partial charge on any atom is 0.252 e. The highest BCUT2D eigenvalue weighted by atomic mass is 127. The van der Waals surface area contributed by atoms with Crippen LogP contribution < -0.4 is 5.32 Å². The second kappa shape index (κ2) is 6.48. The Hall–Kier alpha value is 0.0600. The average Bonchev–Trinajstić information content (AvgIpc) is 2.79. The fourth-order valence-electron chi connectivity index (χ4n) is 2.29. The minimum atomic E-state index is -0.00662. The molecule has 2 nitrogen and oxygen atoms in total. The molecule has 1 aromatic rings. The molecular weight excluding hydrogens is 381 g/mol. The SMILES string of the molecule is CSC1CCCC1NC(=O)c1cc(Cl)ccc1I.